The predicted molar refractivity (Wildman–Crippen MR) is 64.1 cm³/mol. The molecule has 3 nitrogen and oxygen atoms in total. The molecule has 80 valence electrons. The maximum atomic E-state index is 9.01. The van der Waals surface area contributed by atoms with Crippen molar-refractivity contribution in [1.29, 1.82) is 5.26 Å². The standard InChI is InChI=1S/C12H11N3S/c1-2-4-10-11(7-13)16-12(15-10)9-5-3-6-14-8-9/h3,5-6,8H,2,4H2,1H3. The summed E-state index contributed by atoms with van der Waals surface area (Å²) in [4.78, 5) is 9.28. The summed E-state index contributed by atoms with van der Waals surface area (Å²) in [5, 5.41) is 9.89. The molecule has 0 saturated heterocycles. The van der Waals surface area contributed by atoms with Crippen LogP contribution in [-0.2, 0) is 6.42 Å². The van der Waals surface area contributed by atoms with Gasteiger partial charge in [0.2, 0.25) is 0 Å². The van der Waals surface area contributed by atoms with E-state index in [0.29, 0.717) is 0 Å². The van der Waals surface area contributed by atoms with Gasteiger partial charge in [0.15, 0.2) is 0 Å². The van der Waals surface area contributed by atoms with E-state index in [1.165, 1.54) is 11.3 Å². The molecule has 0 N–H and O–H groups in total. The summed E-state index contributed by atoms with van der Waals surface area (Å²) >= 11 is 1.44. The Kier molecular flexibility index (Phi) is 3.28. The summed E-state index contributed by atoms with van der Waals surface area (Å²) in [7, 11) is 0. The van der Waals surface area contributed by atoms with E-state index in [1.807, 2.05) is 12.1 Å². The van der Waals surface area contributed by atoms with Crippen LogP contribution in [0.3, 0.4) is 0 Å². The van der Waals surface area contributed by atoms with Crippen molar-refractivity contribution in [3.05, 3.63) is 35.1 Å². The fourth-order valence-corrected chi connectivity index (χ4v) is 2.36. The van der Waals surface area contributed by atoms with Gasteiger partial charge in [0.25, 0.3) is 0 Å². The topological polar surface area (TPSA) is 49.6 Å². The molecule has 0 fully saturated rings. The number of rotatable bonds is 3. The number of nitriles is 1. The second-order valence-electron chi connectivity index (χ2n) is 3.40. The normalized spacial score (nSPS) is 10.0. The maximum Gasteiger partial charge on any atom is 0.128 e. The van der Waals surface area contributed by atoms with Gasteiger partial charge >= 0.3 is 0 Å². The second-order valence-corrected chi connectivity index (χ2v) is 4.40. The lowest BCUT2D eigenvalue weighted by Crippen LogP contribution is -1.86. The number of thiazole rings is 1. The zero-order valence-corrected chi connectivity index (χ0v) is 9.79. The van der Waals surface area contributed by atoms with E-state index < -0.39 is 0 Å². The average Bonchev–Trinajstić information content (AvgIpc) is 2.74. The molecule has 0 radical (unpaired) electrons. The fourth-order valence-electron chi connectivity index (χ4n) is 1.46. The largest absolute Gasteiger partial charge is 0.264 e. The van der Waals surface area contributed by atoms with E-state index in [4.69, 9.17) is 5.26 Å². The van der Waals surface area contributed by atoms with Crippen molar-refractivity contribution in [1.82, 2.24) is 9.97 Å². The van der Waals surface area contributed by atoms with Gasteiger partial charge in [-0.05, 0) is 18.6 Å². The van der Waals surface area contributed by atoms with Crippen molar-refractivity contribution in [3.63, 3.8) is 0 Å². The second kappa shape index (κ2) is 4.86. The molecule has 0 aliphatic carbocycles. The summed E-state index contributed by atoms with van der Waals surface area (Å²) in [5.41, 5.74) is 1.89. The number of pyridine rings is 1. The van der Waals surface area contributed by atoms with Crippen LogP contribution < -0.4 is 0 Å². The summed E-state index contributed by atoms with van der Waals surface area (Å²) in [6.45, 7) is 2.09. The Bertz CT molecular complexity index is 511. The van der Waals surface area contributed by atoms with Crippen LogP contribution in [0.5, 0.6) is 0 Å². The lowest BCUT2D eigenvalue weighted by atomic mass is 10.2. The quantitative estimate of drug-likeness (QED) is 0.812. The van der Waals surface area contributed by atoms with Gasteiger partial charge in [-0.15, -0.1) is 11.3 Å². The lowest BCUT2D eigenvalue weighted by molar-refractivity contribution is 0.890. The zero-order chi connectivity index (χ0) is 11.4. The first-order valence-electron chi connectivity index (χ1n) is 5.15. The van der Waals surface area contributed by atoms with Crippen molar-refractivity contribution in [3.8, 4) is 16.6 Å². The molecule has 0 bridgehead atoms. The molecule has 2 heterocycles. The number of hydrogen-bond donors (Lipinski definition) is 0. The Morgan fingerprint density at radius 1 is 1.50 bits per heavy atom. The summed E-state index contributed by atoms with van der Waals surface area (Å²) in [6.07, 6.45) is 5.37. The lowest BCUT2D eigenvalue weighted by Gasteiger charge is -1.93. The van der Waals surface area contributed by atoms with E-state index in [0.717, 1.165) is 34.0 Å². The van der Waals surface area contributed by atoms with Gasteiger partial charge in [-0.3, -0.25) is 4.98 Å². The Morgan fingerprint density at radius 3 is 3.00 bits per heavy atom. The molecule has 2 rings (SSSR count). The van der Waals surface area contributed by atoms with Gasteiger partial charge in [0.05, 0.1) is 5.69 Å². The van der Waals surface area contributed by atoms with Crippen LogP contribution in [-0.4, -0.2) is 9.97 Å². The van der Waals surface area contributed by atoms with Crippen molar-refractivity contribution in [2.45, 2.75) is 19.8 Å². The molecule has 0 saturated carbocycles. The van der Waals surface area contributed by atoms with Gasteiger partial charge in [-0.2, -0.15) is 5.26 Å². The van der Waals surface area contributed by atoms with E-state index in [9.17, 15) is 0 Å². The van der Waals surface area contributed by atoms with E-state index >= 15 is 0 Å². The predicted octanol–water partition coefficient (Wildman–Crippen LogP) is 3.03. The number of nitrogens with zero attached hydrogens (tertiary/aromatic N) is 3. The molecule has 16 heavy (non-hydrogen) atoms. The van der Waals surface area contributed by atoms with Crippen molar-refractivity contribution in [2.75, 3.05) is 0 Å². The van der Waals surface area contributed by atoms with Gasteiger partial charge in [-0.1, -0.05) is 13.3 Å². The van der Waals surface area contributed by atoms with Crippen LogP contribution in [0.4, 0.5) is 0 Å². The summed E-state index contributed by atoms with van der Waals surface area (Å²) < 4.78 is 0. The average molecular weight is 229 g/mol. The fraction of sp³-hybridized carbons (Fsp3) is 0.250. The molecule has 0 atom stereocenters. The molecule has 2 aromatic rings. The first-order chi connectivity index (χ1) is 7.85. The van der Waals surface area contributed by atoms with Crippen LogP contribution in [0, 0.1) is 11.3 Å². The van der Waals surface area contributed by atoms with Gasteiger partial charge in [0, 0.05) is 18.0 Å². The van der Waals surface area contributed by atoms with Crippen LogP contribution in [0.2, 0.25) is 0 Å². The monoisotopic (exact) mass is 229 g/mol. The van der Waals surface area contributed by atoms with E-state index in [-0.39, 0.29) is 0 Å². The zero-order valence-electron chi connectivity index (χ0n) is 8.97. The summed E-state index contributed by atoms with van der Waals surface area (Å²) in [6, 6.07) is 6.04. The molecular formula is C12H11N3S. The van der Waals surface area contributed by atoms with Crippen molar-refractivity contribution >= 4 is 11.3 Å². The minimum atomic E-state index is 0.723. The van der Waals surface area contributed by atoms with Gasteiger partial charge < -0.3 is 0 Å². The van der Waals surface area contributed by atoms with Gasteiger partial charge in [-0.25, -0.2) is 4.98 Å². The first kappa shape index (κ1) is 10.8. The Morgan fingerprint density at radius 2 is 2.38 bits per heavy atom. The third kappa shape index (κ3) is 2.10. The Hall–Kier alpha value is -1.73. The van der Waals surface area contributed by atoms with Crippen LogP contribution in [0.1, 0.15) is 23.9 Å². The van der Waals surface area contributed by atoms with Crippen molar-refractivity contribution in [2.24, 2.45) is 0 Å². The minimum absolute atomic E-state index is 0.723. The Labute approximate surface area is 98.4 Å². The molecule has 0 aliphatic heterocycles. The third-order valence-electron chi connectivity index (χ3n) is 2.19. The van der Waals surface area contributed by atoms with E-state index in [1.54, 1.807) is 12.4 Å². The maximum absolute atomic E-state index is 9.01. The van der Waals surface area contributed by atoms with Crippen LogP contribution in [0.15, 0.2) is 24.5 Å². The highest BCUT2D eigenvalue weighted by Gasteiger charge is 2.11. The van der Waals surface area contributed by atoms with Gasteiger partial charge in [0.1, 0.15) is 16.0 Å². The van der Waals surface area contributed by atoms with Crippen molar-refractivity contribution < 1.29 is 0 Å². The summed E-state index contributed by atoms with van der Waals surface area (Å²) in [5.74, 6) is 0. The van der Waals surface area contributed by atoms with E-state index in [2.05, 4.69) is 23.0 Å². The molecule has 4 heteroatoms. The molecule has 2 aromatic heterocycles. The third-order valence-corrected chi connectivity index (χ3v) is 3.25. The molecule has 0 amide bonds. The molecule has 0 aliphatic rings. The molecular weight excluding hydrogens is 218 g/mol. The SMILES string of the molecule is CCCc1nc(-c2cccnc2)sc1C#N. The van der Waals surface area contributed by atoms with Crippen LogP contribution in [0.25, 0.3) is 10.6 Å². The molecule has 0 unspecified atom stereocenters. The smallest absolute Gasteiger partial charge is 0.128 e. The number of aryl methyl sites for hydroxylation is 1. The Balaban J connectivity index is 2.41. The highest BCUT2D eigenvalue weighted by atomic mass is 32.1. The van der Waals surface area contributed by atoms with Crippen LogP contribution >= 0.6 is 11.3 Å². The number of aromatic nitrogens is 2. The highest BCUT2D eigenvalue weighted by Crippen LogP contribution is 2.27. The highest BCUT2D eigenvalue weighted by molar-refractivity contribution is 7.15. The molecule has 0 aromatic carbocycles. The number of hydrogen-bond acceptors (Lipinski definition) is 4. The minimum Gasteiger partial charge on any atom is -0.264 e. The first-order valence-corrected chi connectivity index (χ1v) is 5.97. The molecule has 0 spiro atoms.